The zero-order valence-electron chi connectivity index (χ0n) is 12.9. The third kappa shape index (κ3) is 11.7. The lowest BCUT2D eigenvalue weighted by atomic mass is 10.9. The van der Waals surface area contributed by atoms with Crippen LogP contribution in [0, 0.1) is 0 Å². The fourth-order valence-electron chi connectivity index (χ4n) is 1.14. The highest BCUT2D eigenvalue weighted by Crippen LogP contribution is 2.12. The van der Waals surface area contributed by atoms with Crippen molar-refractivity contribution in [2.24, 2.45) is 0 Å². The summed E-state index contributed by atoms with van der Waals surface area (Å²) in [5.41, 5.74) is 1.04. The van der Waals surface area contributed by atoms with Gasteiger partial charge in [0, 0.05) is 36.0 Å². The van der Waals surface area contributed by atoms with Gasteiger partial charge in [-0.25, -0.2) is 0 Å². The summed E-state index contributed by atoms with van der Waals surface area (Å²) in [6.07, 6.45) is 0. The van der Waals surface area contributed by atoms with Gasteiger partial charge in [0.1, 0.15) is 0 Å². The molecule has 0 amide bonds. The molecule has 0 aliphatic rings. The van der Waals surface area contributed by atoms with Gasteiger partial charge in [-0.05, 0) is 0 Å². The van der Waals surface area contributed by atoms with Crippen LogP contribution in [0.15, 0.2) is 12.3 Å². The van der Waals surface area contributed by atoms with Gasteiger partial charge in [-0.1, -0.05) is 32.5 Å². The van der Waals surface area contributed by atoms with Crippen LogP contribution >= 0.6 is 0 Å². The van der Waals surface area contributed by atoms with E-state index in [0.717, 1.165) is 26.5 Å². The maximum atomic E-state index is 10.8. The van der Waals surface area contributed by atoms with Crippen LogP contribution in [0.3, 0.4) is 0 Å². The maximum Gasteiger partial charge on any atom is 0.734 e. The van der Waals surface area contributed by atoms with E-state index in [1.54, 1.807) is 0 Å². The van der Waals surface area contributed by atoms with Crippen LogP contribution in [0.5, 0.6) is 0 Å². The lowest BCUT2D eigenvalue weighted by Gasteiger charge is -2.22. The summed E-state index contributed by atoms with van der Waals surface area (Å²) in [7, 11) is -3.31. The van der Waals surface area contributed by atoms with Crippen molar-refractivity contribution < 1.29 is 27.7 Å². The Morgan fingerprint density at radius 2 is 1.25 bits per heavy atom. The molecule has 0 aliphatic carbocycles. The molecule has 0 aromatic rings. The summed E-state index contributed by atoms with van der Waals surface area (Å²) in [4.78, 5) is 32.3. The van der Waals surface area contributed by atoms with Crippen molar-refractivity contribution in [3.05, 3.63) is 12.3 Å². The fraction of sp³-hybridized carbons (Fsp3) is 0.583. The van der Waals surface area contributed by atoms with E-state index in [-0.39, 0.29) is 0 Å². The molecule has 20 heavy (non-hydrogen) atoms. The molecule has 0 rings (SSSR count). The molecular weight excluding hydrogens is 296 g/mol. The van der Waals surface area contributed by atoms with Crippen molar-refractivity contribution in [2.45, 2.75) is 46.7 Å². The summed E-state index contributed by atoms with van der Waals surface area (Å²) >= 11 is 0. The molecule has 0 N–H and O–H groups in total. The van der Waals surface area contributed by atoms with E-state index >= 15 is 0 Å². The van der Waals surface area contributed by atoms with Crippen molar-refractivity contribution in [1.29, 1.82) is 0 Å². The van der Waals surface area contributed by atoms with E-state index in [1.807, 2.05) is 0 Å². The molecule has 0 atom stereocenters. The second-order valence-corrected chi connectivity index (χ2v) is 8.88. The van der Waals surface area contributed by atoms with E-state index in [4.69, 9.17) is 13.3 Å². The fourth-order valence-corrected chi connectivity index (χ4v) is 3.43. The Morgan fingerprint density at radius 3 is 1.35 bits per heavy atom. The van der Waals surface area contributed by atoms with Gasteiger partial charge in [0.05, 0.1) is 0 Å². The zero-order valence-corrected chi connectivity index (χ0v) is 15.3. The molecule has 116 valence electrons. The zero-order chi connectivity index (χ0) is 16.2. The molecule has 0 aliphatic heterocycles. The Labute approximate surface area is 123 Å². The van der Waals surface area contributed by atoms with Gasteiger partial charge in [-0.2, -0.15) is 0 Å². The van der Waals surface area contributed by atoms with Crippen LogP contribution in [0.2, 0.25) is 12.1 Å². The Kier molecular flexibility index (Phi) is 11.9. The molecule has 6 nitrogen and oxygen atoms in total. The number of rotatable bonds is 6. The molecule has 0 saturated heterocycles. The lowest BCUT2D eigenvalue weighted by molar-refractivity contribution is -0.146. The van der Waals surface area contributed by atoms with Gasteiger partial charge < -0.3 is 13.3 Å². The number of carbonyl (C=O) groups excluding carboxylic acids is 3. The molecule has 0 radical (unpaired) electrons. The highest BCUT2D eigenvalue weighted by Gasteiger charge is 2.48. The first-order valence-corrected chi connectivity index (χ1v) is 10.3. The summed E-state index contributed by atoms with van der Waals surface area (Å²) < 4.78 is 14.1. The van der Waals surface area contributed by atoms with Crippen LogP contribution in [-0.4, -0.2) is 36.2 Å². The third-order valence-electron chi connectivity index (χ3n) is 1.82. The normalized spacial score (nSPS) is 9.65. The smallest absolute Gasteiger partial charge is 0.452 e. The van der Waals surface area contributed by atoms with Gasteiger partial charge in [-0.15, -0.1) is 0 Å². The standard InChI is InChI=1S/C8H12O6Si.C4H12Si/c1-5-15(12-6(2)9,13-7(3)10)14-8(4)11;1-3-5-4-2/h5H,1H2,2-4H3;3-5H2,1-2H3. The molecule has 0 aromatic carbocycles. The van der Waals surface area contributed by atoms with E-state index in [9.17, 15) is 14.4 Å². The van der Waals surface area contributed by atoms with E-state index < -0.39 is 26.7 Å². The predicted molar refractivity (Wildman–Crippen MR) is 80.8 cm³/mol. The van der Waals surface area contributed by atoms with E-state index in [1.165, 1.54) is 12.1 Å². The van der Waals surface area contributed by atoms with Gasteiger partial charge in [0.25, 0.3) is 17.9 Å². The molecule has 8 heteroatoms. The molecule has 0 heterocycles. The Morgan fingerprint density at radius 1 is 0.950 bits per heavy atom. The van der Waals surface area contributed by atoms with Crippen LogP contribution in [0.4, 0.5) is 0 Å². The topological polar surface area (TPSA) is 78.9 Å². The first-order valence-electron chi connectivity index (χ1n) is 6.45. The minimum absolute atomic E-state index is 0.432. The average Bonchev–Trinajstić information content (AvgIpc) is 2.27. The van der Waals surface area contributed by atoms with Gasteiger partial charge in [0.2, 0.25) is 0 Å². The molecule has 0 fully saturated rings. The molecule has 0 unspecified atom stereocenters. The second kappa shape index (κ2) is 11.4. The SMILES string of the molecule is C=C[Si](OC(C)=O)(OC(C)=O)OC(C)=O.CC[SiH2]CC. The van der Waals surface area contributed by atoms with Crippen molar-refractivity contribution >= 4 is 36.2 Å². The molecule has 0 aromatic heterocycles. The van der Waals surface area contributed by atoms with Crippen LogP contribution in [-0.2, 0) is 27.7 Å². The lowest BCUT2D eigenvalue weighted by Crippen LogP contribution is -2.47. The Balaban J connectivity index is 0. The number of hydrogen-bond acceptors (Lipinski definition) is 6. The molecule has 0 spiro atoms. The highest BCUT2D eigenvalue weighted by atomic mass is 28.4. The van der Waals surface area contributed by atoms with Gasteiger partial charge >= 0.3 is 8.80 Å². The van der Waals surface area contributed by atoms with E-state index in [0.29, 0.717) is 9.52 Å². The van der Waals surface area contributed by atoms with Crippen LogP contribution < -0.4 is 0 Å². The van der Waals surface area contributed by atoms with Gasteiger partial charge in [-0.3, -0.25) is 14.4 Å². The predicted octanol–water partition coefficient (Wildman–Crippen LogP) is 1.37. The van der Waals surface area contributed by atoms with Crippen molar-refractivity contribution in [3.8, 4) is 0 Å². The second-order valence-electron chi connectivity index (χ2n) is 3.94. The first-order chi connectivity index (χ1) is 9.22. The Hall–Kier alpha value is -1.42. The molecular formula is C12H24O6Si2. The highest BCUT2D eigenvalue weighted by molar-refractivity contribution is 6.70. The third-order valence-corrected chi connectivity index (χ3v) is 5.45. The first kappa shape index (κ1) is 20.9. The molecule has 0 saturated carbocycles. The summed E-state index contributed by atoms with van der Waals surface area (Å²) in [6.45, 7) is 11.2. The monoisotopic (exact) mass is 320 g/mol. The number of hydrogen-bond donors (Lipinski definition) is 0. The molecule has 0 bridgehead atoms. The summed E-state index contributed by atoms with van der Waals surface area (Å²) in [5.74, 6) is -2.16. The van der Waals surface area contributed by atoms with E-state index in [2.05, 4.69) is 20.4 Å². The summed E-state index contributed by atoms with van der Waals surface area (Å²) in [5, 5.41) is 0. The summed E-state index contributed by atoms with van der Waals surface area (Å²) in [6, 6.07) is 2.97. The minimum atomic E-state index is -3.74. The average molecular weight is 320 g/mol. The maximum absolute atomic E-state index is 10.8. The Bertz CT molecular complexity index is 300. The number of carbonyl (C=O) groups is 3. The van der Waals surface area contributed by atoms with Gasteiger partial charge in [0.15, 0.2) is 0 Å². The van der Waals surface area contributed by atoms with Crippen LogP contribution in [0.25, 0.3) is 0 Å². The quantitative estimate of drug-likeness (QED) is 0.688. The van der Waals surface area contributed by atoms with Crippen LogP contribution in [0.1, 0.15) is 34.6 Å². The minimum Gasteiger partial charge on any atom is -0.452 e. The van der Waals surface area contributed by atoms with Crippen molar-refractivity contribution in [1.82, 2.24) is 0 Å². The largest absolute Gasteiger partial charge is 0.734 e. The van der Waals surface area contributed by atoms with Crippen molar-refractivity contribution in [2.75, 3.05) is 0 Å². The van der Waals surface area contributed by atoms with Crippen molar-refractivity contribution in [3.63, 3.8) is 0 Å².